The SMILES string of the molecule is CC[C@@H](NC(=O)OC(C)(C)C)C(=O)Oc1cc(C)cc2oc(=O)c3c(c12)CCCC3. The number of esters is 1. The normalized spacial score (nSPS) is 14.7. The number of carbonyl (C=O) groups excluding carboxylic acids is 2. The number of aryl methyl sites for hydroxylation is 2. The van der Waals surface area contributed by atoms with E-state index in [-0.39, 0.29) is 5.63 Å². The van der Waals surface area contributed by atoms with Crippen molar-refractivity contribution in [2.45, 2.75) is 78.4 Å². The summed E-state index contributed by atoms with van der Waals surface area (Å²) in [5.74, 6) is -0.243. The number of carbonyl (C=O) groups is 2. The molecule has 30 heavy (non-hydrogen) atoms. The van der Waals surface area contributed by atoms with Crippen molar-refractivity contribution in [1.29, 1.82) is 0 Å². The van der Waals surface area contributed by atoms with Gasteiger partial charge in [-0.3, -0.25) is 0 Å². The van der Waals surface area contributed by atoms with E-state index in [0.717, 1.165) is 30.4 Å². The zero-order chi connectivity index (χ0) is 22.1. The van der Waals surface area contributed by atoms with Crippen LogP contribution in [0.5, 0.6) is 5.75 Å². The average Bonchev–Trinajstić information content (AvgIpc) is 2.64. The molecule has 1 amide bonds. The summed E-state index contributed by atoms with van der Waals surface area (Å²) < 4.78 is 16.5. The molecule has 2 aromatic rings. The molecule has 162 valence electrons. The Balaban J connectivity index is 1.93. The predicted molar refractivity (Wildman–Crippen MR) is 113 cm³/mol. The standard InChI is InChI=1S/C23H29NO6/c1-6-16(24-22(27)30-23(3,4)5)21(26)29-18-12-13(2)11-17-19(18)14-9-7-8-10-15(14)20(25)28-17/h11-12,16H,6-10H2,1-5H3,(H,24,27)/t16-/m1/s1. The van der Waals surface area contributed by atoms with Crippen LogP contribution in [0, 0.1) is 6.92 Å². The van der Waals surface area contributed by atoms with Crippen molar-refractivity contribution in [3.8, 4) is 5.75 Å². The number of ether oxygens (including phenoxy) is 2. The molecule has 0 saturated carbocycles. The summed E-state index contributed by atoms with van der Waals surface area (Å²) in [5.41, 5.74) is 1.78. The summed E-state index contributed by atoms with van der Waals surface area (Å²) in [6.45, 7) is 8.87. The molecule has 1 aromatic heterocycles. The van der Waals surface area contributed by atoms with E-state index in [9.17, 15) is 14.4 Å². The molecular formula is C23H29NO6. The molecule has 3 rings (SSSR count). The number of alkyl carbamates (subject to hydrolysis) is 1. The largest absolute Gasteiger partial charge is 0.444 e. The third-order valence-electron chi connectivity index (χ3n) is 5.02. The Morgan fingerprint density at radius 3 is 2.47 bits per heavy atom. The summed E-state index contributed by atoms with van der Waals surface area (Å²) in [6, 6.07) is 2.68. The van der Waals surface area contributed by atoms with Gasteiger partial charge in [0.25, 0.3) is 0 Å². The van der Waals surface area contributed by atoms with Gasteiger partial charge in [-0.25, -0.2) is 14.4 Å². The van der Waals surface area contributed by atoms with Crippen molar-refractivity contribution in [3.05, 3.63) is 39.2 Å². The molecule has 1 aliphatic rings. The van der Waals surface area contributed by atoms with Gasteiger partial charge in [0, 0.05) is 5.56 Å². The highest BCUT2D eigenvalue weighted by atomic mass is 16.6. The molecule has 1 aliphatic carbocycles. The summed E-state index contributed by atoms with van der Waals surface area (Å²) >= 11 is 0. The Labute approximate surface area is 175 Å². The van der Waals surface area contributed by atoms with E-state index in [0.29, 0.717) is 35.1 Å². The summed E-state index contributed by atoms with van der Waals surface area (Å²) in [4.78, 5) is 37.3. The minimum Gasteiger partial charge on any atom is -0.444 e. The van der Waals surface area contributed by atoms with Crippen LogP contribution in [0.1, 0.15) is 63.6 Å². The lowest BCUT2D eigenvalue weighted by atomic mass is 9.90. The van der Waals surface area contributed by atoms with Gasteiger partial charge in [0.05, 0.1) is 5.39 Å². The lowest BCUT2D eigenvalue weighted by Crippen LogP contribution is -2.44. The molecule has 0 aliphatic heterocycles. The number of rotatable bonds is 4. The van der Waals surface area contributed by atoms with E-state index in [2.05, 4.69) is 5.32 Å². The molecular weight excluding hydrogens is 386 g/mol. The van der Waals surface area contributed by atoms with Crippen molar-refractivity contribution in [2.24, 2.45) is 0 Å². The molecule has 0 spiro atoms. The number of hydrogen-bond donors (Lipinski definition) is 1. The Bertz CT molecular complexity index is 1030. The zero-order valence-corrected chi connectivity index (χ0v) is 18.2. The number of hydrogen-bond acceptors (Lipinski definition) is 6. The van der Waals surface area contributed by atoms with E-state index >= 15 is 0 Å². The third-order valence-corrected chi connectivity index (χ3v) is 5.02. The molecule has 1 atom stereocenters. The van der Waals surface area contributed by atoms with Gasteiger partial charge >= 0.3 is 17.7 Å². The van der Waals surface area contributed by atoms with Gasteiger partial charge in [-0.1, -0.05) is 6.92 Å². The summed E-state index contributed by atoms with van der Waals surface area (Å²) in [5, 5.41) is 3.23. The Morgan fingerprint density at radius 2 is 1.83 bits per heavy atom. The first-order valence-corrected chi connectivity index (χ1v) is 10.4. The molecule has 7 heteroatoms. The minimum absolute atomic E-state index is 0.321. The van der Waals surface area contributed by atoms with Gasteiger partial charge in [-0.05, 0) is 83.1 Å². The number of fused-ring (bicyclic) bond motifs is 3. The lowest BCUT2D eigenvalue weighted by Gasteiger charge is -2.23. The van der Waals surface area contributed by atoms with Crippen LogP contribution in [0.25, 0.3) is 11.0 Å². The zero-order valence-electron chi connectivity index (χ0n) is 18.2. The fourth-order valence-corrected chi connectivity index (χ4v) is 3.70. The fourth-order valence-electron chi connectivity index (χ4n) is 3.70. The number of benzene rings is 1. The summed E-state index contributed by atoms with van der Waals surface area (Å²) in [7, 11) is 0. The first-order chi connectivity index (χ1) is 14.1. The second kappa shape index (κ2) is 8.50. The van der Waals surface area contributed by atoms with Crippen LogP contribution in [-0.4, -0.2) is 23.7 Å². The van der Waals surface area contributed by atoms with Crippen LogP contribution in [0.15, 0.2) is 21.3 Å². The van der Waals surface area contributed by atoms with E-state index in [4.69, 9.17) is 13.9 Å². The molecule has 0 radical (unpaired) electrons. The van der Waals surface area contributed by atoms with Crippen molar-refractivity contribution in [3.63, 3.8) is 0 Å². The second-order valence-electron chi connectivity index (χ2n) is 8.72. The molecule has 0 saturated heterocycles. The highest BCUT2D eigenvalue weighted by Crippen LogP contribution is 2.34. The van der Waals surface area contributed by atoms with E-state index in [1.54, 1.807) is 39.8 Å². The van der Waals surface area contributed by atoms with Crippen LogP contribution < -0.4 is 15.7 Å². The molecule has 1 heterocycles. The van der Waals surface area contributed by atoms with Crippen LogP contribution in [-0.2, 0) is 22.4 Å². The first kappa shape index (κ1) is 21.9. The van der Waals surface area contributed by atoms with Gasteiger partial charge in [0.1, 0.15) is 23.0 Å². The van der Waals surface area contributed by atoms with Gasteiger partial charge in [0.2, 0.25) is 0 Å². The van der Waals surface area contributed by atoms with Crippen molar-refractivity contribution >= 4 is 23.0 Å². The fraction of sp³-hybridized carbons (Fsp3) is 0.522. The monoisotopic (exact) mass is 415 g/mol. The predicted octanol–water partition coefficient (Wildman–Crippen LogP) is 4.19. The maximum absolute atomic E-state index is 12.8. The molecule has 0 unspecified atom stereocenters. The highest BCUT2D eigenvalue weighted by Gasteiger charge is 2.27. The van der Waals surface area contributed by atoms with Crippen LogP contribution in [0.3, 0.4) is 0 Å². The highest BCUT2D eigenvalue weighted by molar-refractivity contribution is 5.92. The van der Waals surface area contributed by atoms with Crippen LogP contribution in [0.2, 0.25) is 0 Å². The first-order valence-electron chi connectivity index (χ1n) is 10.4. The number of nitrogens with one attached hydrogen (secondary N) is 1. The van der Waals surface area contributed by atoms with Gasteiger partial charge < -0.3 is 19.2 Å². The van der Waals surface area contributed by atoms with E-state index in [1.807, 2.05) is 6.92 Å². The smallest absolute Gasteiger partial charge is 0.408 e. The molecule has 0 fully saturated rings. The maximum atomic E-state index is 12.8. The van der Waals surface area contributed by atoms with Gasteiger partial charge in [-0.15, -0.1) is 0 Å². The van der Waals surface area contributed by atoms with Crippen LogP contribution >= 0.6 is 0 Å². The second-order valence-corrected chi connectivity index (χ2v) is 8.72. The maximum Gasteiger partial charge on any atom is 0.408 e. The lowest BCUT2D eigenvalue weighted by molar-refractivity contribution is -0.136. The van der Waals surface area contributed by atoms with Crippen molar-refractivity contribution in [2.75, 3.05) is 0 Å². The molecule has 7 nitrogen and oxygen atoms in total. The van der Waals surface area contributed by atoms with Crippen molar-refractivity contribution < 1.29 is 23.5 Å². The minimum atomic E-state index is -0.859. The van der Waals surface area contributed by atoms with Crippen molar-refractivity contribution in [1.82, 2.24) is 5.32 Å². The van der Waals surface area contributed by atoms with Gasteiger partial charge in [-0.2, -0.15) is 0 Å². The average molecular weight is 415 g/mol. The Kier molecular flexibility index (Phi) is 6.19. The topological polar surface area (TPSA) is 94.8 Å². The Morgan fingerprint density at radius 1 is 1.17 bits per heavy atom. The van der Waals surface area contributed by atoms with E-state index in [1.165, 1.54) is 0 Å². The van der Waals surface area contributed by atoms with Gasteiger partial charge in [0.15, 0.2) is 0 Å². The molecule has 1 N–H and O–H groups in total. The van der Waals surface area contributed by atoms with Crippen LogP contribution in [0.4, 0.5) is 4.79 Å². The Hall–Kier alpha value is -2.83. The number of amides is 1. The quantitative estimate of drug-likeness (QED) is 0.457. The molecule has 1 aromatic carbocycles. The third kappa shape index (κ3) is 4.83. The molecule has 0 bridgehead atoms. The summed E-state index contributed by atoms with van der Waals surface area (Å²) in [6.07, 6.45) is 2.95. The van der Waals surface area contributed by atoms with E-state index < -0.39 is 23.7 Å².